The van der Waals surface area contributed by atoms with Gasteiger partial charge in [0.15, 0.2) is 23.4 Å². The van der Waals surface area contributed by atoms with E-state index in [1.54, 1.807) is 7.11 Å². The molecule has 0 radical (unpaired) electrons. The van der Waals surface area contributed by atoms with E-state index in [4.69, 9.17) is 9.47 Å². The van der Waals surface area contributed by atoms with Crippen LogP contribution >= 0.6 is 15.9 Å². The molecule has 2 aliphatic heterocycles. The maximum atomic E-state index is 14.0. The van der Waals surface area contributed by atoms with Gasteiger partial charge in [-0.15, -0.1) is 0 Å². The molecule has 1 spiro atoms. The van der Waals surface area contributed by atoms with Gasteiger partial charge < -0.3 is 9.47 Å². The van der Waals surface area contributed by atoms with Crippen molar-refractivity contribution in [1.82, 2.24) is 4.90 Å². The first-order valence-electron chi connectivity index (χ1n) is 12.0. The predicted octanol–water partition coefficient (Wildman–Crippen LogP) is 4.87. The Balaban J connectivity index is 1.38. The molecular weight excluding hydrogens is 466 g/mol. The van der Waals surface area contributed by atoms with E-state index in [-0.39, 0.29) is 17.1 Å². The first-order valence-corrected chi connectivity index (χ1v) is 12.8. The van der Waals surface area contributed by atoms with E-state index < -0.39 is 6.10 Å². The van der Waals surface area contributed by atoms with Gasteiger partial charge in [0.05, 0.1) is 7.11 Å². The second-order valence-electron chi connectivity index (χ2n) is 10.5. The van der Waals surface area contributed by atoms with E-state index in [9.17, 15) is 4.79 Å². The molecule has 5 aliphatic rings. The third-order valence-electron chi connectivity index (χ3n) is 8.99. The van der Waals surface area contributed by atoms with E-state index >= 15 is 0 Å². The number of likely N-dealkylation sites (tertiary alicyclic amines) is 1. The summed E-state index contributed by atoms with van der Waals surface area (Å²) in [4.78, 5) is 16.8. The summed E-state index contributed by atoms with van der Waals surface area (Å²) in [5, 5.41) is 0. The number of carbonyl (C=O) groups excluding carboxylic acids is 1. The summed E-state index contributed by atoms with van der Waals surface area (Å²) in [6.07, 6.45) is 5.35. The zero-order valence-corrected chi connectivity index (χ0v) is 19.9. The first-order chi connectivity index (χ1) is 15.6. The van der Waals surface area contributed by atoms with Crippen molar-refractivity contribution in [1.29, 1.82) is 0 Å². The van der Waals surface area contributed by atoms with Crippen LogP contribution in [0.3, 0.4) is 0 Å². The molecule has 0 amide bonds. The van der Waals surface area contributed by atoms with Crippen molar-refractivity contribution in [3.63, 3.8) is 0 Å². The molecule has 2 aromatic rings. The molecule has 2 heterocycles. The van der Waals surface area contributed by atoms with Crippen LogP contribution in [-0.4, -0.2) is 43.0 Å². The van der Waals surface area contributed by atoms with Crippen LogP contribution in [0.5, 0.6) is 11.5 Å². The fourth-order valence-electron chi connectivity index (χ4n) is 7.41. The molecule has 2 bridgehead atoms. The zero-order chi connectivity index (χ0) is 21.6. The van der Waals surface area contributed by atoms with Gasteiger partial charge >= 0.3 is 0 Å². The molecule has 2 aromatic carbocycles. The van der Waals surface area contributed by atoms with Crippen molar-refractivity contribution in [2.75, 3.05) is 20.2 Å². The van der Waals surface area contributed by atoms with Gasteiger partial charge in [0.1, 0.15) is 0 Å². The molecule has 0 N–H and O–H groups in total. The molecule has 3 fully saturated rings. The van der Waals surface area contributed by atoms with Crippen molar-refractivity contribution in [3.8, 4) is 11.5 Å². The van der Waals surface area contributed by atoms with Gasteiger partial charge in [-0.1, -0.05) is 34.1 Å². The Morgan fingerprint density at radius 1 is 1.19 bits per heavy atom. The molecule has 0 aromatic heterocycles. The van der Waals surface area contributed by atoms with Gasteiger partial charge in [-0.25, -0.2) is 0 Å². The van der Waals surface area contributed by atoms with Gasteiger partial charge in [-0.3, -0.25) is 9.69 Å². The predicted molar refractivity (Wildman–Crippen MR) is 125 cm³/mol. The smallest absolute Gasteiger partial charge is 0.181 e. The summed E-state index contributed by atoms with van der Waals surface area (Å²) in [5.74, 6) is 3.09. The van der Waals surface area contributed by atoms with Gasteiger partial charge in [-0.2, -0.15) is 0 Å². The normalized spacial score (nSPS) is 34.8. The lowest BCUT2D eigenvalue weighted by Gasteiger charge is -2.59. The molecular formula is C27H28BrNO3. The molecule has 166 valence electrons. The standard InChI is InChI=1S/C27H28BrNO3/c1-31-22-9-6-17-12-21-20-13-19(16-4-7-18(28)8-5-16)24(30)26-27(20,23(17)25(22)32-26)10-11-29(21)14-15-2-3-15/h4-9,15,19-21,26H,2-3,10-14H2,1H3/t19-,20+,21-,26+,27+/m1/s1. The SMILES string of the molecule is COc1ccc2c3c1O[C@H]1C(=O)[C@@H](c4ccc(Br)cc4)C[C@H]4[C@@H](C2)N(CC2CC2)CC[C@]314. The second kappa shape index (κ2) is 6.83. The summed E-state index contributed by atoms with van der Waals surface area (Å²) in [6, 6.07) is 13.1. The quantitative estimate of drug-likeness (QED) is 0.608. The molecule has 5 heteroatoms. The molecule has 5 atom stereocenters. The number of methoxy groups -OCH3 is 1. The summed E-state index contributed by atoms with van der Waals surface area (Å²) in [7, 11) is 1.70. The fraction of sp³-hybridized carbons (Fsp3) is 0.519. The van der Waals surface area contributed by atoms with Crippen LogP contribution < -0.4 is 9.47 Å². The lowest BCUT2D eigenvalue weighted by atomic mass is 9.49. The molecule has 4 nitrogen and oxygen atoms in total. The highest BCUT2D eigenvalue weighted by Crippen LogP contribution is 2.65. The number of halogens is 1. The summed E-state index contributed by atoms with van der Waals surface area (Å²) in [5.41, 5.74) is 3.61. The number of benzene rings is 2. The van der Waals surface area contributed by atoms with Crippen LogP contribution in [0, 0.1) is 11.8 Å². The number of nitrogens with zero attached hydrogens (tertiary/aromatic N) is 1. The van der Waals surface area contributed by atoms with E-state index in [2.05, 4.69) is 51.2 Å². The maximum Gasteiger partial charge on any atom is 0.181 e. The largest absolute Gasteiger partial charge is 0.493 e. The van der Waals surface area contributed by atoms with Gasteiger partial charge in [0, 0.05) is 34.0 Å². The Kier molecular flexibility index (Phi) is 4.18. The number of ether oxygens (including phenoxy) is 2. The highest BCUT2D eigenvalue weighted by molar-refractivity contribution is 9.10. The van der Waals surface area contributed by atoms with E-state index in [0.717, 1.165) is 53.3 Å². The Bertz CT molecular complexity index is 1110. The van der Waals surface area contributed by atoms with Crippen molar-refractivity contribution < 1.29 is 14.3 Å². The number of piperidine rings is 1. The molecule has 2 saturated carbocycles. The Labute approximate surface area is 197 Å². The molecule has 0 unspecified atom stereocenters. The maximum absolute atomic E-state index is 14.0. The van der Waals surface area contributed by atoms with Crippen LogP contribution in [0.15, 0.2) is 40.9 Å². The first kappa shape index (κ1) is 19.6. The number of ketones is 1. The van der Waals surface area contributed by atoms with Crippen LogP contribution in [0.25, 0.3) is 0 Å². The van der Waals surface area contributed by atoms with Crippen LogP contribution in [0.1, 0.15) is 48.3 Å². The minimum atomic E-state index is -0.397. The van der Waals surface area contributed by atoms with E-state index in [1.165, 1.54) is 30.5 Å². The fourth-order valence-corrected chi connectivity index (χ4v) is 7.68. The third-order valence-corrected chi connectivity index (χ3v) is 9.52. The Morgan fingerprint density at radius 3 is 2.75 bits per heavy atom. The van der Waals surface area contributed by atoms with Crippen molar-refractivity contribution in [3.05, 3.63) is 57.6 Å². The number of Topliss-reactive ketones (excluding diaryl/α,β-unsaturated/α-hetero) is 1. The highest BCUT2D eigenvalue weighted by atomic mass is 79.9. The highest BCUT2D eigenvalue weighted by Gasteiger charge is 2.67. The summed E-state index contributed by atoms with van der Waals surface area (Å²) in [6.45, 7) is 2.29. The van der Waals surface area contributed by atoms with E-state index in [1.807, 2.05) is 6.07 Å². The van der Waals surface area contributed by atoms with Crippen molar-refractivity contribution >= 4 is 21.7 Å². The third kappa shape index (κ3) is 2.55. The molecule has 1 saturated heterocycles. The minimum Gasteiger partial charge on any atom is -0.493 e. The molecule has 3 aliphatic carbocycles. The van der Waals surface area contributed by atoms with Gasteiger partial charge in [0.2, 0.25) is 0 Å². The lowest BCUT2D eigenvalue weighted by Crippen LogP contribution is -2.67. The summed E-state index contributed by atoms with van der Waals surface area (Å²) < 4.78 is 13.4. The average Bonchev–Trinajstić information content (AvgIpc) is 3.55. The van der Waals surface area contributed by atoms with Crippen molar-refractivity contribution in [2.24, 2.45) is 11.8 Å². The van der Waals surface area contributed by atoms with Gasteiger partial charge in [-0.05, 0) is 79.8 Å². The second-order valence-corrected chi connectivity index (χ2v) is 11.4. The van der Waals surface area contributed by atoms with Crippen LogP contribution in [0.4, 0.5) is 0 Å². The summed E-state index contributed by atoms with van der Waals surface area (Å²) >= 11 is 3.54. The number of hydrogen-bond acceptors (Lipinski definition) is 4. The Hall–Kier alpha value is -1.85. The van der Waals surface area contributed by atoms with E-state index in [0.29, 0.717) is 12.0 Å². The lowest BCUT2D eigenvalue weighted by molar-refractivity contribution is -0.141. The number of hydrogen-bond donors (Lipinski definition) is 0. The molecule has 32 heavy (non-hydrogen) atoms. The van der Waals surface area contributed by atoms with Gasteiger partial charge in [0.25, 0.3) is 0 Å². The number of rotatable bonds is 4. The number of carbonyl (C=O) groups is 1. The topological polar surface area (TPSA) is 38.8 Å². The van der Waals surface area contributed by atoms with Crippen LogP contribution in [-0.2, 0) is 16.6 Å². The van der Waals surface area contributed by atoms with Crippen molar-refractivity contribution in [2.45, 2.75) is 55.6 Å². The Morgan fingerprint density at radius 2 is 2.00 bits per heavy atom. The molecule has 7 rings (SSSR count). The minimum absolute atomic E-state index is 0.101. The van der Waals surface area contributed by atoms with Crippen LogP contribution in [0.2, 0.25) is 0 Å². The average molecular weight is 494 g/mol. The zero-order valence-electron chi connectivity index (χ0n) is 18.4. The monoisotopic (exact) mass is 493 g/mol.